The highest BCUT2D eigenvalue weighted by Crippen LogP contribution is 2.46. The third-order valence-corrected chi connectivity index (χ3v) is 6.31. The molecule has 10 nitrogen and oxygen atoms in total. The van der Waals surface area contributed by atoms with E-state index in [-0.39, 0.29) is 30.2 Å². The van der Waals surface area contributed by atoms with E-state index in [1.807, 2.05) is 0 Å². The Labute approximate surface area is 217 Å². The lowest BCUT2D eigenvalue weighted by molar-refractivity contribution is -0.207. The molecule has 0 bridgehead atoms. The van der Waals surface area contributed by atoms with Crippen molar-refractivity contribution in [2.24, 2.45) is 11.1 Å². The predicted octanol–water partition coefficient (Wildman–Crippen LogP) is 1.91. The smallest absolute Gasteiger partial charge is 0.426 e. The molecular weight excluding hydrogens is 499 g/mol. The minimum atomic E-state index is -3.86. The summed E-state index contributed by atoms with van der Waals surface area (Å²) in [4.78, 5) is 35.6. The van der Waals surface area contributed by atoms with E-state index in [2.05, 4.69) is 20.8 Å². The Kier molecular flexibility index (Phi) is 7.79. The van der Waals surface area contributed by atoms with E-state index < -0.39 is 48.4 Å². The first-order valence-corrected chi connectivity index (χ1v) is 12.1. The molecule has 0 saturated carbocycles. The number of hydrogen-bond acceptors (Lipinski definition) is 7. The molecule has 0 saturated heterocycles. The van der Waals surface area contributed by atoms with Crippen molar-refractivity contribution < 1.29 is 33.3 Å². The van der Waals surface area contributed by atoms with Gasteiger partial charge in [0.15, 0.2) is 0 Å². The van der Waals surface area contributed by atoms with Gasteiger partial charge in [0.2, 0.25) is 0 Å². The first kappa shape index (κ1) is 27.2. The fourth-order valence-corrected chi connectivity index (χ4v) is 4.35. The summed E-state index contributed by atoms with van der Waals surface area (Å²) in [5, 5.41) is 28.2. The minimum absolute atomic E-state index is 0.00403. The number of hydrogen-bond donors (Lipinski definition) is 4. The molecule has 38 heavy (non-hydrogen) atoms. The van der Waals surface area contributed by atoms with Gasteiger partial charge in [-0.25, -0.2) is 4.98 Å². The van der Waals surface area contributed by atoms with Gasteiger partial charge in [-0.2, -0.15) is 8.78 Å². The Hall–Kier alpha value is -3.84. The number of oxime groups is 1. The molecule has 2 atom stereocenters. The normalized spacial score (nSPS) is 18.1. The van der Waals surface area contributed by atoms with Crippen LogP contribution in [0, 0.1) is 5.92 Å². The van der Waals surface area contributed by atoms with Crippen molar-refractivity contribution in [1.82, 2.24) is 20.0 Å². The van der Waals surface area contributed by atoms with Crippen LogP contribution < -0.4 is 10.6 Å². The summed E-state index contributed by atoms with van der Waals surface area (Å²) in [7, 11) is -1.98. The van der Waals surface area contributed by atoms with Crippen LogP contribution in [0.3, 0.4) is 0 Å². The van der Waals surface area contributed by atoms with Gasteiger partial charge in [-0.1, -0.05) is 49.3 Å². The molecule has 2 aromatic heterocycles. The van der Waals surface area contributed by atoms with Gasteiger partial charge in [0, 0.05) is 30.6 Å². The fourth-order valence-electron chi connectivity index (χ4n) is 4.35. The SMILES string of the molecule is CC(C)C[C@H](NC(=O)C1(C(F)(F)c2ccccc2)CC(CNC(=O)c2cccn3ccnc23)=NO1)B(O)O. The summed E-state index contributed by atoms with van der Waals surface area (Å²) in [5.74, 6) is -6.91. The molecule has 200 valence electrons. The number of imidazole rings is 1. The van der Waals surface area contributed by atoms with Crippen LogP contribution in [0.15, 0.2) is 66.2 Å². The zero-order valence-electron chi connectivity index (χ0n) is 20.8. The van der Waals surface area contributed by atoms with E-state index in [0.717, 1.165) is 12.1 Å². The monoisotopic (exact) mass is 527 g/mol. The van der Waals surface area contributed by atoms with Crippen LogP contribution in [0.2, 0.25) is 0 Å². The van der Waals surface area contributed by atoms with Crippen LogP contribution in [0.25, 0.3) is 5.65 Å². The highest BCUT2D eigenvalue weighted by Gasteiger charge is 2.66. The molecule has 2 amide bonds. The molecule has 3 heterocycles. The van der Waals surface area contributed by atoms with Crippen LogP contribution in [0.5, 0.6) is 0 Å². The molecule has 0 fully saturated rings. The highest BCUT2D eigenvalue weighted by atomic mass is 19.3. The van der Waals surface area contributed by atoms with Crippen molar-refractivity contribution in [2.75, 3.05) is 6.54 Å². The van der Waals surface area contributed by atoms with Crippen molar-refractivity contribution in [3.05, 3.63) is 72.2 Å². The van der Waals surface area contributed by atoms with E-state index >= 15 is 8.78 Å². The largest absolute Gasteiger partial charge is 0.475 e. The number of nitrogens with one attached hydrogen (secondary N) is 2. The molecule has 0 radical (unpaired) electrons. The number of halogens is 2. The number of carbonyl (C=O) groups excluding carboxylic acids is 2. The lowest BCUT2D eigenvalue weighted by Gasteiger charge is -2.35. The maximum atomic E-state index is 16.0. The molecule has 1 aliphatic heterocycles. The molecule has 0 spiro atoms. The lowest BCUT2D eigenvalue weighted by Crippen LogP contribution is -2.61. The van der Waals surface area contributed by atoms with E-state index in [0.29, 0.717) is 5.65 Å². The second kappa shape index (κ2) is 10.9. The second-order valence-electron chi connectivity index (χ2n) is 9.58. The number of alkyl halides is 2. The Morgan fingerprint density at radius 1 is 1.18 bits per heavy atom. The number of amides is 2. The lowest BCUT2D eigenvalue weighted by atomic mass is 9.74. The summed E-state index contributed by atoms with van der Waals surface area (Å²) in [5.41, 5.74) is -2.61. The Morgan fingerprint density at radius 3 is 2.61 bits per heavy atom. The summed E-state index contributed by atoms with van der Waals surface area (Å²) < 4.78 is 33.6. The highest BCUT2D eigenvalue weighted by molar-refractivity contribution is 6.43. The van der Waals surface area contributed by atoms with Crippen molar-refractivity contribution in [2.45, 2.75) is 44.2 Å². The number of aromatic nitrogens is 2. The van der Waals surface area contributed by atoms with Gasteiger partial charge in [-0.05, 0) is 24.5 Å². The van der Waals surface area contributed by atoms with Gasteiger partial charge in [-0.15, -0.1) is 0 Å². The van der Waals surface area contributed by atoms with E-state index in [4.69, 9.17) is 4.84 Å². The molecule has 4 N–H and O–H groups in total. The van der Waals surface area contributed by atoms with Gasteiger partial charge < -0.3 is 29.9 Å². The van der Waals surface area contributed by atoms with Crippen LogP contribution in [0.1, 0.15) is 42.6 Å². The number of pyridine rings is 1. The number of rotatable bonds is 10. The average molecular weight is 527 g/mol. The summed E-state index contributed by atoms with van der Waals surface area (Å²) >= 11 is 0. The molecule has 0 aliphatic carbocycles. The van der Waals surface area contributed by atoms with Gasteiger partial charge in [-0.3, -0.25) is 9.59 Å². The Bertz CT molecular complexity index is 1330. The number of carbonyl (C=O) groups is 2. The van der Waals surface area contributed by atoms with Gasteiger partial charge in [0.25, 0.3) is 17.4 Å². The van der Waals surface area contributed by atoms with E-state index in [1.165, 1.54) is 18.3 Å². The maximum Gasteiger partial charge on any atom is 0.475 e. The summed E-state index contributed by atoms with van der Waals surface area (Å²) in [6.07, 6.45) is 4.41. The Balaban J connectivity index is 1.57. The van der Waals surface area contributed by atoms with Crippen LogP contribution in [0.4, 0.5) is 8.78 Å². The molecule has 4 rings (SSSR count). The maximum absolute atomic E-state index is 16.0. The molecule has 1 aliphatic rings. The first-order chi connectivity index (χ1) is 18.0. The summed E-state index contributed by atoms with van der Waals surface area (Å²) in [6.45, 7) is 3.31. The summed E-state index contributed by atoms with van der Waals surface area (Å²) in [6, 6.07) is 9.92. The number of nitrogens with zero attached hydrogens (tertiary/aromatic N) is 3. The minimum Gasteiger partial charge on any atom is -0.426 e. The second-order valence-corrected chi connectivity index (χ2v) is 9.58. The average Bonchev–Trinajstić information content (AvgIpc) is 3.55. The molecule has 1 aromatic carbocycles. The third kappa shape index (κ3) is 5.25. The fraction of sp³-hybridized carbons (Fsp3) is 0.360. The zero-order chi connectivity index (χ0) is 27.5. The van der Waals surface area contributed by atoms with Crippen LogP contribution in [-0.2, 0) is 15.6 Å². The molecule has 3 aromatic rings. The first-order valence-electron chi connectivity index (χ1n) is 12.1. The number of benzene rings is 1. The zero-order valence-corrected chi connectivity index (χ0v) is 20.8. The standard InChI is InChI=1S/C25H28BF2N5O5/c1-16(2)13-20(26(36)37)31-23(35)24(25(27,28)17-7-4-3-5-8-17)14-18(32-38-24)15-30-22(34)19-9-6-11-33-12-10-29-21(19)33/h3-12,16,20,36-37H,13-15H2,1-2H3,(H,30,34)(H,31,35)/t20-,24?/m0/s1. The third-order valence-electron chi connectivity index (χ3n) is 6.31. The number of fused-ring (bicyclic) bond motifs is 1. The Morgan fingerprint density at radius 2 is 1.92 bits per heavy atom. The molecule has 1 unspecified atom stereocenters. The molecular formula is C25H28BF2N5O5. The predicted molar refractivity (Wildman–Crippen MR) is 135 cm³/mol. The van der Waals surface area contributed by atoms with Crippen molar-refractivity contribution >= 4 is 30.3 Å². The van der Waals surface area contributed by atoms with Crippen LogP contribution >= 0.6 is 0 Å². The van der Waals surface area contributed by atoms with Crippen molar-refractivity contribution in [3.8, 4) is 0 Å². The molecule has 13 heteroatoms. The van der Waals surface area contributed by atoms with Crippen LogP contribution in [-0.4, -0.2) is 62.2 Å². The quantitative estimate of drug-likeness (QED) is 0.298. The van der Waals surface area contributed by atoms with E-state index in [1.54, 1.807) is 48.8 Å². The van der Waals surface area contributed by atoms with Gasteiger partial charge >= 0.3 is 13.0 Å². The van der Waals surface area contributed by atoms with E-state index in [9.17, 15) is 19.6 Å². The van der Waals surface area contributed by atoms with Gasteiger partial charge in [0.1, 0.15) is 5.65 Å². The van der Waals surface area contributed by atoms with Crippen molar-refractivity contribution in [3.63, 3.8) is 0 Å². The van der Waals surface area contributed by atoms with Gasteiger partial charge in [0.05, 0.1) is 23.8 Å². The van der Waals surface area contributed by atoms with Crippen molar-refractivity contribution in [1.29, 1.82) is 0 Å². The topological polar surface area (TPSA) is 138 Å².